The Kier molecular flexibility index (Phi) is 6.72. The van der Waals surface area contributed by atoms with Crippen molar-refractivity contribution in [3.63, 3.8) is 0 Å². The van der Waals surface area contributed by atoms with Crippen molar-refractivity contribution < 1.29 is 29.0 Å². The average molecular weight is 479 g/mol. The maximum absolute atomic E-state index is 13.0. The molecule has 35 heavy (non-hydrogen) atoms. The molecule has 2 fully saturated rings. The third kappa shape index (κ3) is 5.03. The number of fused-ring (bicyclic) bond motifs is 5. The number of carboxylic acids is 1. The van der Waals surface area contributed by atoms with E-state index in [-0.39, 0.29) is 43.6 Å². The number of carbonyl (C=O) groups excluding carboxylic acids is 2. The molecule has 2 aliphatic heterocycles. The molecule has 4 unspecified atom stereocenters. The summed E-state index contributed by atoms with van der Waals surface area (Å²) in [7, 11) is 0. The number of hydrogen-bond donors (Lipinski definition) is 3. The normalized spacial score (nSPS) is 23.1. The van der Waals surface area contributed by atoms with Gasteiger partial charge in [-0.3, -0.25) is 9.59 Å². The molecule has 1 aliphatic carbocycles. The lowest BCUT2D eigenvalue weighted by molar-refractivity contribution is -0.137. The van der Waals surface area contributed by atoms with Crippen LogP contribution in [0, 0.1) is 0 Å². The number of rotatable bonds is 8. The van der Waals surface area contributed by atoms with Gasteiger partial charge in [-0.1, -0.05) is 48.5 Å². The highest BCUT2D eigenvalue weighted by Gasteiger charge is 2.38. The Hall–Kier alpha value is -3.39. The fourth-order valence-electron chi connectivity index (χ4n) is 5.56. The topological polar surface area (TPSA) is 114 Å². The van der Waals surface area contributed by atoms with E-state index in [0.29, 0.717) is 0 Å². The average Bonchev–Trinajstić information content (AvgIpc) is 3.40. The molecule has 2 bridgehead atoms. The van der Waals surface area contributed by atoms with Gasteiger partial charge in [0.2, 0.25) is 5.91 Å². The summed E-state index contributed by atoms with van der Waals surface area (Å²) in [5.74, 6) is -1.54. The lowest BCUT2D eigenvalue weighted by Crippen LogP contribution is -2.53. The molecule has 5 rings (SSSR count). The van der Waals surface area contributed by atoms with E-state index in [9.17, 15) is 14.4 Å². The predicted octanol–water partition coefficient (Wildman–Crippen LogP) is 3.58. The van der Waals surface area contributed by atoms with E-state index in [2.05, 4.69) is 22.8 Å². The Morgan fingerprint density at radius 1 is 0.971 bits per heavy atom. The smallest absolute Gasteiger partial charge is 0.407 e. The van der Waals surface area contributed by atoms with Crippen LogP contribution in [-0.4, -0.2) is 54.0 Å². The third-order valence-electron chi connectivity index (χ3n) is 7.32. The lowest BCUT2D eigenvalue weighted by atomic mass is 9.98. The number of ether oxygens (including phenoxy) is 2. The zero-order valence-electron chi connectivity index (χ0n) is 19.4. The molecule has 8 nitrogen and oxygen atoms in total. The molecule has 3 aliphatic rings. The number of benzene rings is 2. The molecule has 2 aromatic carbocycles. The van der Waals surface area contributed by atoms with Crippen molar-refractivity contribution in [2.45, 2.75) is 68.7 Å². The van der Waals surface area contributed by atoms with Crippen LogP contribution in [0.25, 0.3) is 11.1 Å². The second kappa shape index (κ2) is 10.1. The van der Waals surface area contributed by atoms with Crippen molar-refractivity contribution in [3.05, 3.63) is 59.7 Å². The van der Waals surface area contributed by atoms with Gasteiger partial charge in [-0.25, -0.2) is 4.79 Å². The zero-order chi connectivity index (χ0) is 24.4. The lowest BCUT2D eigenvalue weighted by Gasteiger charge is -2.31. The first-order valence-corrected chi connectivity index (χ1v) is 12.3. The Morgan fingerprint density at radius 2 is 1.63 bits per heavy atom. The highest BCUT2D eigenvalue weighted by molar-refractivity contribution is 5.86. The maximum atomic E-state index is 13.0. The number of nitrogens with one attached hydrogen (secondary N) is 2. The number of aliphatic carboxylic acids is 1. The highest BCUT2D eigenvalue weighted by Crippen LogP contribution is 2.44. The Labute approximate surface area is 204 Å². The maximum Gasteiger partial charge on any atom is 0.407 e. The molecule has 2 heterocycles. The molecule has 0 saturated carbocycles. The summed E-state index contributed by atoms with van der Waals surface area (Å²) in [4.78, 5) is 36.9. The van der Waals surface area contributed by atoms with Crippen LogP contribution in [0.3, 0.4) is 0 Å². The minimum absolute atomic E-state index is 0.0210. The van der Waals surface area contributed by atoms with Crippen molar-refractivity contribution in [1.82, 2.24) is 10.6 Å². The first-order valence-electron chi connectivity index (χ1n) is 12.3. The van der Waals surface area contributed by atoms with Gasteiger partial charge >= 0.3 is 12.1 Å². The highest BCUT2D eigenvalue weighted by atomic mass is 16.5. The molecule has 2 saturated heterocycles. The van der Waals surface area contributed by atoms with Crippen molar-refractivity contribution >= 4 is 18.0 Å². The quantitative estimate of drug-likeness (QED) is 0.534. The molecule has 0 spiro atoms. The minimum atomic E-state index is -1.03. The first-order chi connectivity index (χ1) is 17.0. The van der Waals surface area contributed by atoms with Crippen LogP contribution < -0.4 is 10.6 Å². The number of hydrogen-bond acceptors (Lipinski definition) is 5. The number of amides is 2. The van der Waals surface area contributed by atoms with E-state index in [1.165, 1.54) is 0 Å². The standard InChI is InChI=1S/C27H30N2O6/c30-25(31)14-12-23(26(32)28-22-11-9-16-10-13-24(22)35-16)29-27(33)34-15-21-19-7-3-1-5-17(19)18-6-2-4-8-20(18)21/h1-8,16,21-24H,9-15H2,(H,28,32)(H,29,33)(H,30,31). The van der Waals surface area contributed by atoms with E-state index >= 15 is 0 Å². The van der Waals surface area contributed by atoms with Crippen LogP contribution in [-0.2, 0) is 19.1 Å². The van der Waals surface area contributed by atoms with Crippen LogP contribution in [0.4, 0.5) is 4.79 Å². The van der Waals surface area contributed by atoms with Gasteiger partial charge in [0, 0.05) is 12.3 Å². The van der Waals surface area contributed by atoms with Crippen LogP contribution in [0.1, 0.15) is 55.6 Å². The Morgan fingerprint density at radius 3 is 2.31 bits per heavy atom. The van der Waals surface area contributed by atoms with Crippen molar-refractivity contribution in [1.29, 1.82) is 0 Å². The molecule has 2 aromatic rings. The van der Waals surface area contributed by atoms with E-state index in [1.54, 1.807) is 0 Å². The number of carboxylic acid groups (broad SMARTS) is 1. The molecule has 2 amide bonds. The van der Waals surface area contributed by atoms with Gasteiger partial charge in [-0.05, 0) is 54.4 Å². The SMILES string of the molecule is O=C(O)CCC(NC(=O)OCC1c2ccccc2-c2ccccc21)C(=O)NC1CCC2CCC1O2. The third-order valence-corrected chi connectivity index (χ3v) is 7.32. The van der Waals surface area contributed by atoms with Gasteiger partial charge < -0.3 is 25.2 Å². The summed E-state index contributed by atoms with van der Waals surface area (Å²) in [6, 6.07) is 15.0. The molecule has 4 atom stereocenters. The minimum Gasteiger partial charge on any atom is -0.481 e. The van der Waals surface area contributed by atoms with Crippen LogP contribution in [0.2, 0.25) is 0 Å². The van der Waals surface area contributed by atoms with E-state index < -0.39 is 24.0 Å². The Bertz CT molecular complexity index is 1070. The van der Waals surface area contributed by atoms with Crippen LogP contribution in [0.5, 0.6) is 0 Å². The summed E-state index contributed by atoms with van der Waals surface area (Å²) in [5, 5.41) is 14.7. The van der Waals surface area contributed by atoms with Gasteiger partial charge in [-0.15, -0.1) is 0 Å². The van der Waals surface area contributed by atoms with Crippen molar-refractivity contribution in [2.24, 2.45) is 0 Å². The van der Waals surface area contributed by atoms with E-state index in [1.807, 2.05) is 36.4 Å². The summed E-state index contributed by atoms with van der Waals surface area (Å²) >= 11 is 0. The van der Waals surface area contributed by atoms with Crippen molar-refractivity contribution in [2.75, 3.05) is 6.61 Å². The summed E-state index contributed by atoms with van der Waals surface area (Å²) in [6.07, 6.45) is 2.85. The van der Waals surface area contributed by atoms with Crippen LogP contribution >= 0.6 is 0 Å². The molecular weight excluding hydrogens is 448 g/mol. The van der Waals surface area contributed by atoms with Gasteiger partial charge in [-0.2, -0.15) is 0 Å². The van der Waals surface area contributed by atoms with E-state index in [4.69, 9.17) is 14.6 Å². The summed E-state index contributed by atoms with van der Waals surface area (Å²) < 4.78 is 11.5. The largest absolute Gasteiger partial charge is 0.481 e. The zero-order valence-corrected chi connectivity index (χ0v) is 19.4. The van der Waals surface area contributed by atoms with Gasteiger partial charge in [0.05, 0.1) is 18.2 Å². The first kappa shape index (κ1) is 23.4. The fourth-order valence-corrected chi connectivity index (χ4v) is 5.56. The molecule has 184 valence electrons. The van der Waals surface area contributed by atoms with Gasteiger partial charge in [0.1, 0.15) is 12.6 Å². The molecule has 3 N–H and O–H groups in total. The van der Waals surface area contributed by atoms with E-state index in [0.717, 1.165) is 47.9 Å². The van der Waals surface area contributed by atoms with Gasteiger partial charge in [0.15, 0.2) is 0 Å². The number of alkyl carbamates (subject to hydrolysis) is 1. The monoisotopic (exact) mass is 478 g/mol. The summed E-state index contributed by atoms with van der Waals surface area (Å²) in [5.41, 5.74) is 4.43. The molecule has 0 aromatic heterocycles. The van der Waals surface area contributed by atoms with Crippen molar-refractivity contribution in [3.8, 4) is 11.1 Å². The second-order valence-electron chi connectivity index (χ2n) is 9.52. The fraction of sp³-hybridized carbons (Fsp3) is 0.444. The molecule has 0 radical (unpaired) electrons. The second-order valence-corrected chi connectivity index (χ2v) is 9.52. The molecule has 8 heteroatoms. The predicted molar refractivity (Wildman–Crippen MR) is 128 cm³/mol. The van der Waals surface area contributed by atoms with Gasteiger partial charge in [0.25, 0.3) is 0 Å². The Balaban J connectivity index is 1.22. The summed E-state index contributed by atoms with van der Waals surface area (Å²) in [6.45, 7) is 0.118. The number of carbonyl (C=O) groups is 3. The molecular formula is C27H30N2O6. The van der Waals surface area contributed by atoms with Crippen LogP contribution in [0.15, 0.2) is 48.5 Å².